The summed E-state index contributed by atoms with van der Waals surface area (Å²) in [6.45, 7) is 11.2. The topological polar surface area (TPSA) is 50.6 Å². The zero-order valence-corrected chi connectivity index (χ0v) is 17.3. The van der Waals surface area contributed by atoms with Gasteiger partial charge in [0, 0.05) is 35.0 Å². The molecule has 0 radical (unpaired) electrons. The Balaban J connectivity index is 2.22. The van der Waals surface area contributed by atoms with Crippen LogP contribution in [-0.4, -0.2) is 34.2 Å². The first-order valence-corrected chi connectivity index (χ1v) is 9.34. The fourth-order valence-electron chi connectivity index (χ4n) is 1.75. The first-order chi connectivity index (χ1) is 11.2. The standard InChI is InChI=1S/C17H23BrN4OS/c1-7-22(6)10-19-13-8-11(2)14(9-12(13)18)23-16-20-15(21-24-16)17(3,4)5/h8-10H,7H2,1-6H3/b19-10+. The predicted molar refractivity (Wildman–Crippen MR) is 104 cm³/mol. The lowest BCUT2D eigenvalue weighted by Gasteiger charge is -2.12. The van der Waals surface area contributed by atoms with E-state index in [1.807, 2.05) is 37.3 Å². The molecule has 5 nitrogen and oxygen atoms in total. The molecular weight excluding hydrogens is 388 g/mol. The van der Waals surface area contributed by atoms with Gasteiger partial charge in [0.15, 0.2) is 5.82 Å². The SMILES string of the molecule is CCN(C)/C=N/c1cc(C)c(Oc2nc(C(C)(C)C)ns2)cc1Br. The first kappa shape index (κ1) is 18.9. The Labute approximate surface area is 156 Å². The summed E-state index contributed by atoms with van der Waals surface area (Å²) in [5, 5.41) is 0.553. The van der Waals surface area contributed by atoms with Gasteiger partial charge in [0.25, 0.3) is 5.19 Å². The Morgan fingerprint density at radius 3 is 2.67 bits per heavy atom. The molecular formula is C17H23BrN4OS. The van der Waals surface area contributed by atoms with Crippen LogP contribution in [0.25, 0.3) is 0 Å². The monoisotopic (exact) mass is 410 g/mol. The highest BCUT2D eigenvalue weighted by molar-refractivity contribution is 9.10. The zero-order chi connectivity index (χ0) is 17.9. The summed E-state index contributed by atoms with van der Waals surface area (Å²) in [7, 11) is 1.99. The first-order valence-electron chi connectivity index (χ1n) is 7.77. The second kappa shape index (κ2) is 7.61. The van der Waals surface area contributed by atoms with E-state index in [0.29, 0.717) is 5.19 Å². The second-order valence-corrected chi connectivity index (χ2v) is 8.19. The van der Waals surface area contributed by atoms with Crippen molar-refractivity contribution in [1.82, 2.24) is 14.3 Å². The van der Waals surface area contributed by atoms with E-state index < -0.39 is 0 Å². The smallest absolute Gasteiger partial charge is 0.298 e. The molecule has 0 N–H and O–H groups in total. The molecule has 1 heterocycles. The van der Waals surface area contributed by atoms with E-state index in [2.05, 4.69) is 58.0 Å². The van der Waals surface area contributed by atoms with Gasteiger partial charge >= 0.3 is 0 Å². The molecule has 0 saturated heterocycles. The number of hydrogen-bond acceptors (Lipinski definition) is 5. The van der Waals surface area contributed by atoms with Crippen molar-refractivity contribution < 1.29 is 4.74 Å². The Kier molecular flexibility index (Phi) is 5.98. The third-order valence-electron chi connectivity index (χ3n) is 3.41. The number of aryl methyl sites for hydroxylation is 1. The van der Waals surface area contributed by atoms with Gasteiger partial charge in [0.2, 0.25) is 0 Å². The van der Waals surface area contributed by atoms with Crippen LogP contribution in [0.2, 0.25) is 0 Å². The molecule has 0 aliphatic carbocycles. The van der Waals surface area contributed by atoms with Crippen LogP contribution in [0, 0.1) is 6.92 Å². The number of aliphatic imine (C=N–C) groups is 1. The van der Waals surface area contributed by atoms with Crippen LogP contribution in [0.3, 0.4) is 0 Å². The van der Waals surface area contributed by atoms with Crippen LogP contribution < -0.4 is 4.74 Å². The van der Waals surface area contributed by atoms with Gasteiger partial charge in [0.05, 0.1) is 12.0 Å². The Bertz CT molecular complexity index is 737. The summed E-state index contributed by atoms with van der Waals surface area (Å²) in [5.74, 6) is 1.55. The summed E-state index contributed by atoms with van der Waals surface area (Å²) < 4.78 is 11.2. The molecule has 0 unspecified atom stereocenters. The third kappa shape index (κ3) is 4.77. The lowest BCUT2D eigenvalue weighted by atomic mass is 9.96. The van der Waals surface area contributed by atoms with Gasteiger partial charge < -0.3 is 9.64 Å². The molecule has 1 aromatic carbocycles. The van der Waals surface area contributed by atoms with Crippen molar-refractivity contribution in [3.63, 3.8) is 0 Å². The number of benzene rings is 1. The van der Waals surface area contributed by atoms with Crippen LogP contribution in [0.1, 0.15) is 39.1 Å². The van der Waals surface area contributed by atoms with Gasteiger partial charge in [-0.2, -0.15) is 9.36 Å². The Hall–Kier alpha value is -1.47. The lowest BCUT2D eigenvalue weighted by molar-refractivity contribution is 0.464. The van der Waals surface area contributed by atoms with Crippen molar-refractivity contribution in [2.75, 3.05) is 13.6 Å². The maximum Gasteiger partial charge on any atom is 0.298 e. The molecule has 0 aliphatic heterocycles. The molecule has 130 valence electrons. The molecule has 24 heavy (non-hydrogen) atoms. The van der Waals surface area contributed by atoms with E-state index in [-0.39, 0.29) is 5.41 Å². The summed E-state index contributed by atoms with van der Waals surface area (Å²) >= 11 is 4.83. The fraction of sp³-hybridized carbons (Fsp3) is 0.471. The van der Waals surface area contributed by atoms with Crippen LogP contribution in [0.4, 0.5) is 5.69 Å². The van der Waals surface area contributed by atoms with Crippen molar-refractivity contribution in [2.45, 2.75) is 40.0 Å². The Morgan fingerprint density at radius 2 is 2.08 bits per heavy atom. The normalized spacial score (nSPS) is 12.0. The number of ether oxygens (including phenoxy) is 1. The average Bonchev–Trinajstić information content (AvgIpc) is 2.97. The van der Waals surface area contributed by atoms with Crippen LogP contribution >= 0.6 is 27.5 Å². The van der Waals surface area contributed by atoms with Crippen molar-refractivity contribution in [2.24, 2.45) is 4.99 Å². The molecule has 0 saturated carbocycles. The van der Waals surface area contributed by atoms with E-state index in [0.717, 1.165) is 33.8 Å². The highest BCUT2D eigenvalue weighted by Gasteiger charge is 2.20. The molecule has 1 aromatic heterocycles. The van der Waals surface area contributed by atoms with Gasteiger partial charge in [-0.1, -0.05) is 20.8 Å². The average molecular weight is 411 g/mol. The molecule has 7 heteroatoms. The molecule has 0 amide bonds. The number of rotatable bonds is 5. The Morgan fingerprint density at radius 1 is 1.38 bits per heavy atom. The second-order valence-electron chi connectivity index (χ2n) is 6.62. The fourth-order valence-corrected chi connectivity index (χ4v) is 2.91. The van der Waals surface area contributed by atoms with Crippen molar-refractivity contribution >= 4 is 39.5 Å². The molecule has 0 fully saturated rings. The van der Waals surface area contributed by atoms with Gasteiger partial charge in [-0.3, -0.25) is 0 Å². The molecule has 2 aromatic rings. The minimum atomic E-state index is -0.0857. The molecule has 0 bridgehead atoms. The van der Waals surface area contributed by atoms with Crippen molar-refractivity contribution in [3.8, 4) is 10.9 Å². The molecule has 0 aliphatic rings. The minimum Gasteiger partial charge on any atom is -0.430 e. The maximum atomic E-state index is 5.92. The summed E-state index contributed by atoms with van der Waals surface area (Å²) in [5.41, 5.74) is 1.78. The van der Waals surface area contributed by atoms with Crippen LogP contribution in [0.5, 0.6) is 10.9 Å². The highest BCUT2D eigenvalue weighted by atomic mass is 79.9. The maximum absolute atomic E-state index is 5.92. The lowest BCUT2D eigenvalue weighted by Crippen LogP contribution is -2.14. The van der Waals surface area contributed by atoms with Crippen molar-refractivity contribution in [1.29, 1.82) is 0 Å². The predicted octanol–water partition coefficient (Wildman–Crippen LogP) is 5.31. The van der Waals surface area contributed by atoms with E-state index >= 15 is 0 Å². The largest absolute Gasteiger partial charge is 0.430 e. The zero-order valence-electron chi connectivity index (χ0n) is 14.9. The summed E-state index contributed by atoms with van der Waals surface area (Å²) in [4.78, 5) is 11.0. The van der Waals surface area contributed by atoms with E-state index in [1.165, 1.54) is 11.5 Å². The molecule has 2 rings (SSSR count). The molecule has 0 atom stereocenters. The van der Waals surface area contributed by atoms with Gasteiger partial charge in [-0.05, 0) is 47.5 Å². The number of halogens is 1. The van der Waals surface area contributed by atoms with Crippen molar-refractivity contribution in [3.05, 3.63) is 28.0 Å². The number of nitrogens with zero attached hydrogens (tertiary/aromatic N) is 4. The van der Waals surface area contributed by atoms with Gasteiger partial charge in [-0.15, -0.1) is 0 Å². The van der Waals surface area contributed by atoms with Crippen LogP contribution in [0.15, 0.2) is 21.6 Å². The third-order valence-corrected chi connectivity index (χ3v) is 4.64. The molecule has 0 spiro atoms. The van der Waals surface area contributed by atoms with Gasteiger partial charge in [-0.25, -0.2) is 4.99 Å². The van der Waals surface area contributed by atoms with E-state index in [9.17, 15) is 0 Å². The highest BCUT2D eigenvalue weighted by Crippen LogP contribution is 2.36. The number of aromatic nitrogens is 2. The van der Waals surface area contributed by atoms with E-state index in [4.69, 9.17) is 4.74 Å². The van der Waals surface area contributed by atoms with Crippen LogP contribution in [-0.2, 0) is 5.41 Å². The van der Waals surface area contributed by atoms with Gasteiger partial charge in [0.1, 0.15) is 5.75 Å². The number of hydrogen-bond donors (Lipinski definition) is 0. The summed E-state index contributed by atoms with van der Waals surface area (Å²) in [6.07, 6.45) is 1.82. The quantitative estimate of drug-likeness (QED) is 0.494. The minimum absolute atomic E-state index is 0.0857. The summed E-state index contributed by atoms with van der Waals surface area (Å²) in [6, 6.07) is 3.91. The van der Waals surface area contributed by atoms with E-state index in [1.54, 1.807) is 0 Å².